The van der Waals surface area contributed by atoms with Crippen LogP contribution in [0.1, 0.15) is 30.9 Å². The predicted molar refractivity (Wildman–Crippen MR) is 91.6 cm³/mol. The average Bonchev–Trinajstić information content (AvgIpc) is 2.90. The largest absolute Gasteiger partial charge is 0.493 e. The molecule has 2 aromatic carbocycles. The zero-order chi connectivity index (χ0) is 15.4. The highest BCUT2D eigenvalue weighted by Gasteiger charge is 2.15. The molecule has 0 radical (unpaired) electrons. The van der Waals surface area contributed by atoms with Gasteiger partial charge in [-0.1, -0.05) is 42.5 Å². The molecule has 0 saturated carbocycles. The van der Waals surface area contributed by atoms with Gasteiger partial charge in [-0.05, 0) is 42.7 Å². The molecule has 0 aromatic heterocycles. The SMILES string of the molecule is CC1=C(CCOc2cccc(C)c2)N=C(c2ccccc2)C1. The van der Waals surface area contributed by atoms with Gasteiger partial charge in [0.05, 0.1) is 12.3 Å². The first kappa shape index (κ1) is 14.6. The Morgan fingerprint density at radius 1 is 1.00 bits per heavy atom. The van der Waals surface area contributed by atoms with Crippen LogP contribution < -0.4 is 4.74 Å². The lowest BCUT2D eigenvalue weighted by atomic mass is 10.0. The smallest absolute Gasteiger partial charge is 0.119 e. The molecule has 112 valence electrons. The van der Waals surface area contributed by atoms with E-state index < -0.39 is 0 Å². The molecule has 0 fully saturated rings. The monoisotopic (exact) mass is 291 g/mol. The van der Waals surface area contributed by atoms with Gasteiger partial charge >= 0.3 is 0 Å². The molecule has 1 heterocycles. The van der Waals surface area contributed by atoms with Crippen molar-refractivity contribution in [2.24, 2.45) is 4.99 Å². The highest BCUT2D eigenvalue weighted by molar-refractivity contribution is 6.04. The van der Waals surface area contributed by atoms with E-state index in [1.807, 2.05) is 18.2 Å². The van der Waals surface area contributed by atoms with Gasteiger partial charge in [0, 0.05) is 18.5 Å². The summed E-state index contributed by atoms with van der Waals surface area (Å²) in [5.41, 5.74) is 6.14. The van der Waals surface area contributed by atoms with Gasteiger partial charge in [0.15, 0.2) is 0 Å². The number of benzene rings is 2. The molecule has 1 aliphatic heterocycles. The topological polar surface area (TPSA) is 21.6 Å². The Hall–Kier alpha value is -2.35. The number of hydrogen-bond acceptors (Lipinski definition) is 2. The van der Waals surface area contributed by atoms with Crippen molar-refractivity contribution in [1.29, 1.82) is 0 Å². The molecule has 0 spiro atoms. The molecule has 2 nitrogen and oxygen atoms in total. The summed E-state index contributed by atoms with van der Waals surface area (Å²) < 4.78 is 5.83. The first-order valence-corrected chi connectivity index (χ1v) is 7.73. The molecule has 0 bridgehead atoms. The summed E-state index contributed by atoms with van der Waals surface area (Å²) in [4.78, 5) is 4.80. The molecule has 22 heavy (non-hydrogen) atoms. The Bertz CT molecular complexity index is 713. The van der Waals surface area contributed by atoms with E-state index in [1.165, 1.54) is 28.1 Å². The molecule has 1 aliphatic rings. The van der Waals surface area contributed by atoms with E-state index in [2.05, 4.69) is 50.2 Å². The van der Waals surface area contributed by atoms with Crippen molar-refractivity contribution in [3.05, 3.63) is 77.0 Å². The second-order valence-electron chi connectivity index (χ2n) is 5.74. The van der Waals surface area contributed by atoms with Crippen molar-refractivity contribution >= 4 is 5.71 Å². The fourth-order valence-corrected chi connectivity index (χ4v) is 2.69. The molecule has 0 atom stereocenters. The molecular formula is C20H21NO. The fraction of sp³-hybridized carbons (Fsp3) is 0.250. The summed E-state index contributed by atoms with van der Waals surface area (Å²) >= 11 is 0. The third-order valence-corrected chi connectivity index (χ3v) is 3.90. The van der Waals surface area contributed by atoms with E-state index in [9.17, 15) is 0 Å². The number of rotatable bonds is 5. The Morgan fingerprint density at radius 3 is 2.59 bits per heavy atom. The van der Waals surface area contributed by atoms with Gasteiger partial charge < -0.3 is 4.74 Å². The maximum absolute atomic E-state index is 5.83. The van der Waals surface area contributed by atoms with E-state index in [0.717, 1.165) is 18.6 Å². The summed E-state index contributed by atoms with van der Waals surface area (Å²) in [6.07, 6.45) is 1.81. The highest BCUT2D eigenvalue weighted by atomic mass is 16.5. The van der Waals surface area contributed by atoms with Crippen molar-refractivity contribution in [2.45, 2.75) is 26.7 Å². The van der Waals surface area contributed by atoms with Gasteiger partial charge in [-0.15, -0.1) is 0 Å². The maximum Gasteiger partial charge on any atom is 0.119 e. The van der Waals surface area contributed by atoms with Gasteiger partial charge in [0.1, 0.15) is 5.75 Å². The van der Waals surface area contributed by atoms with Gasteiger partial charge in [-0.2, -0.15) is 0 Å². The van der Waals surface area contributed by atoms with Crippen LogP contribution in [-0.4, -0.2) is 12.3 Å². The third-order valence-electron chi connectivity index (χ3n) is 3.90. The molecule has 2 heteroatoms. The summed E-state index contributed by atoms with van der Waals surface area (Å²) in [5.74, 6) is 0.934. The van der Waals surface area contributed by atoms with Gasteiger partial charge in [0.25, 0.3) is 0 Å². The normalized spacial score (nSPS) is 14.2. The van der Waals surface area contributed by atoms with E-state index in [-0.39, 0.29) is 0 Å². The zero-order valence-corrected chi connectivity index (χ0v) is 13.2. The van der Waals surface area contributed by atoms with Crippen molar-refractivity contribution < 1.29 is 4.74 Å². The standard InChI is InChI=1S/C20H21NO/c1-15-7-6-10-18(13-15)22-12-11-19-16(2)14-20(21-19)17-8-4-3-5-9-17/h3-10,13H,11-12,14H2,1-2H3. The number of ether oxygens (including phenoxy) is 1. The predicted octanol–water partition coefficient (Wildman–Crippen LogP) is 4.93. The molecule has 0 aliphatic carbocycles. The minimum atomic E-state index is 0.668. The summed E-state index contributed by atoms with van der Waals surface area (Å²) in [5, 5.41) is 0. The first-order chi connectivity index (χ1) is 10.7. The summed E-state index contributed by atoms with van der Waals surface area (Å²) in [6, 6.07) is 18.6. The third kappa shape index (κ3) is 3.45. The van der Waals surface area contributed by atoms with E-state index in [4.69, 9.17) is 9.73 Å². The average molecular weight is 291 g/mol. The Kier molecular flexibility index (Phi) is 4.38. The van der Waals surface area contributed by atoms with Crippen LogP contribution in [0.3, 0.4) is 0 Å². The van der Waals surface area contributed by atoms with Crippen LogP contribution in [0.2, 0.25) is 0 Å². The van der Waals surface area contributed by atoms with Crippen LogP contribution >= 0.6 is 0 Å². The lowest BCUT2D eigenvalue weighted by Crippen LogP contribution is -1.98. The molecule has 3 rings (SSSR count). The van der Waals surface area contributed by atoms with E-state index >= 15 is 0 Å². The number of allylic oxidation sites excluding steroid dienone is 1. The van der Waals surface area contributed by atoms with Crippen molar-refractivity contribution in [2.75, 3.05) is 6.61 Å². The van der Waals surface area contributed by atoms with Crippen LogP contribution in [-0.2, 0) is 0 Å². The van der Waals surface area contributed by atoms with Gasteiger partial charge in [0.2, 0.25) is 0 Å². The quantitative estimate of drug-likeness (QED) is 0.765. The van der Waals surface area contributed by atoms with Crippen LogP contribution in [0.25, 0.3) is 0 Å². The van der Waals surface area contributed by atoms with Crippen LogP contribution in [0.15, 0.2) is 70.9 Å². The second kappa shape index (κ2) is 6.61. The van der Waals surface area contributed by atoms with Crippen LogP contribution in [0.5, 0.6) is 5.75 Å². The van der Waals surface area contributed by atoms with Crippen LogP contribution in [0.4, 0.5) is 0 Å². The van der Waals surface area contributed by atoms with Crippen molar-refractivity contribution in [3.63, 3.8) is 0 Å². The minimum absolute atomic E-state index is 0.668. The molecular weight excluding hydrogens is 270 g/mol. The maximum atomic E-state index is 5.83. The number of hydrogen-bond donors (Lipinski definition) is 0. The van der Waals surface area contributed by atoms with Crippen molar-refractivity contribution in [3.8, 4) is 5.75 Å². The molecule has 0 saturated heterocycles. The summed E-state index contributed by atoms with van der Waals surface area (Å²) in [6.45, 7) is 4.91. The molecule has 0 N–H and O–H groups in total. The van der Waals surface area contributed by atoms with E-state index in [0.29, 0.717) is 6.61 Å². The highest BCUT2D eigenvalue weighted by Crippen LogP contribution is 2.25. The number of aliphatic imine (C=N–C) groups is 1. The Morgan fingerprint density at radius 2 is 1.82 bits per heavy atom. The lowest BCUT2D eigenvalue weighted by molar-refractivity contribution is 0.321. The number of aryl methyl sites for hydroxylation is 1. The first-order valence-electron chi connectivity index (χ1n) is 7.73. The fourth-order valence-electron chi connectivity index (χ4n) is 2.69. The zero-order valence-electron chi connectivity index (χ0n) is 13.2. The Labute approximate surface area is 132 Å². The van der Waals surface area contributed by atoms with E-state index in [1.54, 1.807) is 0 Å². The number of nitrogens with zero attached hydrogens (tertiary/aromatic N) is 1. The van der Waals surface area contributed by atoms with Gasteiger partial charge in [-0.25, -0.2) is 0 Å². The lowest BCUT2D eigenvalue weighted by Gasteiger charge is -2.07. The molecule has 0 amide bonds. The second-order valence-corrected chi connectivity index (χ2v) is 5.74. The summed E-state index contributed by atoms with van der Waals surface area (Å²) in [7, 11) is 0. The van der Waals surface area contributed by atoms with Crippen LogP contribution in [0, 0.1) is 6.92 Å². The molecule has 2 aromatic rings. The molecule has 0 unspecified atom stereocenters. The van der Waals surface area contributed by atoms with Gasteiger partial charge in [-0.3, -0.25) is 4.99 Å². The van der Waals surface area contributed by atoms with Crippen molar-refractivity contribution in [1.82, 2.24) is 0 Å². The minimum Gasteiger partial charge on any atom is -0.493 e. The Balaban J connectivity index is 1.60.